The molecule has 8 heteroatoms. The summed E-state index contributed by atoms with van der Waals surface area (Å²) in [4.78, 5) is 10.5. The van der Waals surface area contributed by atoms with Crippen LogP contribution in [0, 0.1) is 0 Å². The van der Waals surface area contributed by atoms with Crippen molar-refractivity contribution in [3.63, 3.8) is 0 Å². The van der Waals surface area contributed by atoms with Gasteiger partial charge in [-0.1, -0.05) is 11.8 Å². The Bertz CT molecular complexity index is 501. The largest absolute Gasteiger partial charge is 0.481 e. The summed E-state index contributed by atoms with van der Waals surface area (Å²) >= 11 is 1.12. The molecule has 0 fully saturated rings. The third-order valence-corrected chi connectivity index (χ3v) is 2.83. The molecule has 0 aliphatic carbocycles. The van der Waals surface area contributed by atoms with Gasteiger partial charge in [-0.3, -0.25) is 4.79 Å². The molecule has 0 aliphatic rings. The molecule has 0 saturated carbocycles. The SMILES string of the molecule is O=C(O)CSc1nncn1Cc1cccnn1. The van der Waals surface area contributed by atoms with Crippen molar-refractivity contribution in [2.24, 2.45) is 0 Å². The maximum absolute atomic E-state index is 10.5. The zero-order valence-electron chi connectivity index (χ0n) is 8.72. The molecule has 0 spiro atoms. The van der Waals surface area contributed by atoms with Crippen molar-refractivity contribution in [3.05, 3.63) is 30.4 Å². The molecule has 2 aromatic rings. The van der Waals surface area contributed by atoms with E-state index in [9.17, 15) is 4.79 Å². The van der Waals surface area contributed by atoms with E-state index in [4.69, 9.17) is 5.11 Å². The highest BCUT2D eigenvalue weighted by Crippen LogP contribution is 2.15. The summed E-state index contributed by atoms with van der Waals surface area (Å²) < 4.78 is 1.73. The predicted molar refractivity (Wildman–Crippen MR) is 59.5 cm³/mol. The van der Waals surface area contributed by atoms with Gasteiger partial charge in [0, 0.05) is 6.20 Å². The Morgan fingerprint density at radius 3 is 3.00 bits per heavy atom. The summed E-state index contributed by atoms with van der Waals surface area (Å²) in [7, 11) is 0. The van der Waals surface area contributed by atoms with Gasteiger partial charge in [0.05, 0.1) is 18.0 Å². The second-order valence-corrected chi connectivity index (χ2v) is 4.08. The van der Waals surface area contributed by atoms with Crippen LogP contribution in [0.2, 0.25) is 0 Å². The van der Waals surface area contributed by atoms with Crippen molar-refractivity contribution >= 4 is 17.7 Å². The van der Waals surface area contributed by atoms with E-state index in [1.54, 1.807) is 23.2 Å². The van der Waals surface area contributed by atoms with Crippen LogP contribution < -0.4 is 0 Å². The van der Waals surface area contributed by atoms with Crippen LogP contribution >= 0.6 is 11.8 Å². The number of hydrogen-bond donors (Lipinski definition) is 1. The monoisotopic (exact) mass is 251 g/mol. The number of rotatable bonds is 5. The molecule has 0 saturated heterocycles. The van der Waals surface area contributed by atoms with Crippen LogP contribution in [0.1, 0.15) is 5.69 Å². The molecule has 0 bridgehead atoms. The topological polar surface area (TPSA) is 93.8 Å². The zero-order valence-corrected chi connectivity index (χ0v) is 9.54. The van der Waals surface area contributed by atoms with E-state index in [1.807, 2.05) is 6.07 Å². The lowest BCUT2D eigenvalue weighted by Gasteiger charge is -2.03. The normalized spacial score (nSPS) is 10.4. The van der Waals surface area contributed by atoms with Crippen LogP contribution in [-0.4, -0.2) is 41.8 Å². The van der Waals surface area contributed by atoms with Crippen molar-refractivity contribution < 1.29 is 9.90 Å². The minimum Gasteiger partial charge on any atom is -0.481 e. The van der Waals surface area contributed by atoms with E-state index < -0.39 is 5.97 Å². The quantitative estimate of drug-likeness (QED) is 0.763. The van der Waals surface area contributed by atoms with Gasteiger partial charge in [-0.2, -0.15) is 10.2 Å². The van der Waals surface area contributed by atoms with Gasteiger partial charge in [0.1, 0.15) is 6.33 Å². The Balaban J connectivity index is 2.06. The summed E-state index contributed by atoms with van der Waals surface area (Å²) in [6.45, 7) is 0.475. The standard InChI is InChI=1S/C9H9N5O2S/c15-8(16)5-17-9-13-11-6-14(9)4-7-2-1-3-10-12-7/h1-3,6H,4-5H2,(H,15,16). The van der Waals surface area contributed by atoms with Crippen molar-refractivity contribution in [1.82, 2.24) is 25.0 Å². The molecule has 1 N–H and O–H groups in total. The van der Waals surface area contributed by atoms with E-state index in [-0.39, 0.29) is 5.75 Å². The third-order valence-electron chi connectivity index (χ3n) is 1.86. The van der Waals surface area contributed by atoms with Gasteiger partial charge in [0.15, 0.2) is 5.16 Å². The second kappa shape index (κ2) is 5.39. The fraction of sp³-hybridized carbons (Fsp3) is 0.222. The van der Waals surface area contributed by atoms with Crippen LogP contribution in [0.3, 0.4) is 0 Å². The van der Waals surface area contributed by atoms with Crippen molar-refractivity contribution in [2.45, 2.75) is 11.7 Å². The molecule has 0 atom stereocenters. The minimum atomic E-state index is -0.885. The van der Waals surface area contributed by atoms with Crippen molar-refractivity contribution in [3.8, 4) is 0 Å². The first-order valence-electron chi connectivity index (χ1n) is 4.74. The molecule has 17 heavy (non-hydrogen) atoms. The van der Waals surface area contributed by atoms with Gasteiger partial charge in [-0.05, 0) is 12.1 Å². The Hall–Kier alpha value is -1.96. The van der Waals surface area contributed by atoms with Crippen molar-refractivity contribution in [1.29, 1.82) is 0 Å². The highest BCUT2D eigenvalue weighted by Gasteiger charge is 2.08. The lowest BCUT2D eigenvalue weighted by molar-refractivity contribution is -0.133. The van der Waals surface area contributed by atoms with Crippen LogP contribution in [0.15, 0.2) is 29.8 Å². The third kappa shape index (κ3) is 3.25. The van der Waals surface area contributed by atoms with Gasteiger partial charge in [-0.15, -0.1) is 10.2 Å². The molecule has 0 aliphatic heterocycles. The summed E-state index contributed by atoms with van der Waals surface area (Å²) in [6, 6.07) is 3.62. The molecule has 7 nitrogen and oxygen atoms in total. The van der Waals surface area contributed by atoms with Crippen molar-refractivity contribution in [2.75, 3.05) is 5.75 Å². The Morgan fingerprint density at radius 2 is 2.29 bits per heavy atom. The number of carboxylic acid groups (broad SMARTS) is 1. The lowest BCUT2D eigenvalue weighted by Crippen LogP contribution is -2.05. The molecule has 0 amide bonds. The second-order valence-electron chi connectivity index (χ2n) is 3.14. The minimum absolute atomic E-state index is 0.0425. The van der Waals surface area contributed by atoms with Gasteiger partial charge in [0.25, 0.3) is 0 Å². The van der Waals surface area contributed by atoms with Gasteiger partial charge < -0.3 is 9.67 Å². The van der Waals surface area contributed by atoms with Gasteiger partial charge in [0.2, 0.25) is 0 Å². The van der Waals surface area contributed by atoms with E-state index in [2.05, 4.69) is 20.4 Å². The first kappa shape index (κ1) is 11.5. The Morgan fingerprint density at radius 1 is 1.41 bits per heavy atom. The van der Waals surface area contributed by atoms with E-state index in [1.165, 1.54) is 0 Å². The number of carboxylic acids is 1. The number of carbonyl (C=O) groups is 1. The van der Waals surface area contributed by atoms with E-state index in [0.717, 1.165) is 17.5 Å². The summed E-state index contributed by atoms with van der Waals surface area (Å²) in [5.41, 5.74) is 0.768. The average molecular weight is 251 g/mol. The first-order chi connectivity index (χ1) is 8.25. The fourth-order valence-corrected chi connectivity index (χ4v) is 1.82. The summed E-state index contributed by atoms with van der Waals surface area (Å²) in [5, 5.41) is 24.4. The lowest BCUT2D eigenvalue weighted by atomic mass is 10.4. The molecule has 2 rings (SSSR count). The molecule has 0 aromatic carbocycles. The predicted octanol–water partition coefficient (Wildman–Crippen LogP) is 0.293. The van der Waals surface area contributed by atoms with E-state index >= 15 is 0 Å². The highest BCUT2D eigenvalue weighted by molar-refractivity contribution is 7.99. The number of hydrogen-bond acceptors (Lipinski definition) is 6. The molecule has 2 aromatic heterocycles. The van der Waals surface area contributed by atoms with Crippen LogP contribution in [0.4, 0.5) is 0 Å². The molecule has 88 valence electrons. The maximum atomic E-state index is 10.5. The highest BCUT2D eigenvalue weighted by atomic mass is 32.2. The molecule has 2 heterocycles. The molecular weight excluding hydrogens is 242 g/mol. The molecular formula is C9H9N5O2S. The smallest absolute Gasteiger partial charge is 0.313 e. The Kier molecular flexibility index (Phi) is 3.66. The van der Waals surface area contributed by atoms with E-state index in [0.29, 0.717) is 11.7 Å². The summed E-state index contributed by atoms with van der Waals surface area (Å²) in [6.07, 6.45) is 3.13. The molecule has 0 unspecified atom stereocenters. The maximum Gasteiger partial charge on any atom is 0.313 e. The summed E-state index contributed by atoms with van der Waals surface area (Å²) in [5.74, 6) is -0.928. The number of thioether (sulfide) groups is 1. The van der Waals surface area contributed by atoms with Gasteiger partial charge >= 0.3 is 5.97 Å². The fourth-order valence-electron chi connectivity index (χ4n) is 1.18. The number of aromatic nitrogens is 5. The van der Waals surface area contributed by atoms with Crippen LogP contribution in [0.25, 0.3) is 0 Å². The average Bonchev–Trinajstić information content (AvgIpc) is 2.75. The number of aliphatic carboxylic acids is 1. The molecule has 0 radical (unpaired) electrons. The first-order valence-corrected chi connectivity index (χ1v) is 5.73. The van der Waals surface area contributed by atoms with Crippen LogP contribution in [-0.2, 0) is 11.3 Å². The van der Waals surface area contributed by atoms with Gasteiger partial charge in [-0.25, -0.2) is 0 Å². The Labute approximate surface area is 101 Å². The number of nitrogens with zero attached hydrogens (tertiary/aromatic N) is 5. The zero-order chi connectivity index (χ0) is 12.1. The van der Waals surface area contributed by atoms with Crippen LogP contribution in [0.5, 0.6) is 0 Å².